The van der Waals surface area contributed by atoms with E-state index in [1.807, 2.05) is 0 Å². The van der Waals surface area contributed by atoms with Crippen molar-refractivity contribution < 1.29 is 14.6 Å². The molecule has 1 aliphatic heterocycles. The summed E-state index contributed by atoms with van der Waals surface area (Å²) >= 11 is 6.15. The summed E-state index contributed by atoms with van der Waals surface area (Å²) in [6.07, 6.45) is 1.54. The largest absolute Gasteiger partial charge is 0.454 e. The Bertz CT molecular complexity index is 451. The van der Waals surface area contributed by atoms with E-state index < -0.39 is 12.1 Å². The monoisotopic (exact) mass is 291 g/mol. The molecule has 1 heterocycles. The number of rotatable bonds is 3. The number of aliphatic hydroxyl groups is 1. The van der Waals surface area contributed by atoms with Crippen LogP contribution in [0.1, 0.15) is 24.4 Å². The third kappa shape index (κ3) is 2.38. The number of aliphatic hydroxyl groups excluding tert-OH is 1. The van der Waals surface area contributed by atoms with Crippen LogP contribution in [-0.4, -0.2) is 18.0 Å². The Morgan fingerprint density at radius 1 is 1.28 bits per heavy atom. The van der Waals surface area contributed by atoms with Crippen LogP contribution in [0.5, 0.6) is 11.5 Å². The summed E-state index contributed by atoms with van der Waals surface area (Å²) in [4.78, 5) is 0. The van der Waals surface area contributed by atoms with Crippen molar-refractivity contribution in [1.82, 2.24) is 0 Å². The second kappa shape index (κ2) is 5.13. The molecule has 6 heteroatoms. The second-order valence-electron chi connectivity index (χ2n) is 4.58. The molecule has 1 aliphatic carbocycles. The molecule has 0 saturated heterocycles. The van der Waals surface area contributed by atoms with Crippen LogP contribution in [0.4, 0.5) is 0 Å². The molecule has 1 aromatic rings. The summed E-state index contributed by atoms with van der Waals surface area (Å²) < 4.78 is 10.5. The van der Waals surface area contributed by atoms with E-state index in [9.17, 15) is 5.11 Å². The van der Waals surface area contributed by atoms with Crippen LogP contribution in [-0.2, 0) is 0 Å². The van der Waals surface area contributed by atoms with Gasteiger partial charge >= 0.3 is 0 Å². The Hall–Kier alpha value is -0.680. The highest BCUT2D eigenvalue weighted by Gasteiger charge is 2.35. The molecule has 1 saturated carbocycles. The van der Waals surface area contributed by atoms with Crippen LogP contribution >= 0.6 is 24.0 Å². The van der Waals surface area contributed by atoms with Crippen LogP contribution < -0.4 is 15.2 Å². The lowest BCUT2D eigenvalue weighted by Crippen LogP contribution is -2.28. The van der Waals surface area contributed by atoms with E-state index in [-0.39, 0.29) is 19.2 Å². The van der Waals surface area contributed by atoms with Gasteiger partial charge in [0.25, 0.3) is 0 Å². The molecule has 0 radical (unpaired) electrons. The molecule has 2 atom stereocenters. The lowest BCUT2D eigenvalue weighted by atomic mass is 9.98. The van der Waals surface area contributed by atoms with Gasteiger partial charge in [-0.1, -0.05) is 11.6 Å². The Kier molecular flexibility index (Phi) is 3.92. The number of benzene rings is 1. The molecule has 18 heavy (non-hydrogen) atoms. The lowest BCUT2D eigenvalue weighted by Gasteiger charge is -2.20. The van der Waals surface area contributed by atoms with Gasteiger partial charge < -0.3 is 20.3 Å². The molecule has 0 spiro atoms. The quantitative estimate of drug-likeness (QED) is 0.897. The zero-order valence-electron chi connectivity index (χ0n) is 9.64. The van der Waals surface area contributed by atoms with E-state index in [4.69, 9.17) is 26.8 Å². The first-order valence-electron chi connectivity index (χ1n) is 5.69. The minimum absolute atomic E-state index is 0. The van der Waals surface area contributed by atoms with Gasteiger partial charge in [0.05, 0.1) is 12.1 Å². The van der Waals surface area contributed by atoms with E-state index in [1.54, 1.807) is 12.1 Å². The van der Waals surface area contributed by atoms with Gasteiger partial charge in [-0.2, -0.15) is 0 Å². The summed E-state index contributed by atoms with van der Waals surface area (Å²) in [5.41, 5.74) is 6.76. The molecule has 0 bridgehead atoms. The molecular weight excluding hydrogens is 277 g/mol. The predicted molar refractivity (Wildman–Crippen MR) is 70.5 cm³/mol. The summed E-state index contributed by atoms with van der Waals surface area (Å²) in [6.45, 7) is 0.204. The molecular formula is C12H15Cl2NO3. The predicted octanol–water partition coefficient (Wildman–Crippen LogP) is 2.26. The van der Waals surface area contributed by atoms with E-state index in [2.05, 4.69) is 0 Å². The van der Waals surface area contributed by atoms with Crippen molar-refractivity contribution in [1.29, 1.82) is 0 Å². The molecule has 0 unspecified atom stereocenters. The SMILES string of the molecule is Cl.N[C@H](c1cc2c(cc1Cl)OCO2)[C@@H](O)C1CC1. The fourth-order valence-electron chi connectivity index (χ4n) is 2.10. The standard InChI is InChI=1S/C12H14ClNO3.ClH/c13-8-4-10-9(16-5-17-10)3-7(8)11(14)12(15)6-1-2-6;/h3-4,6,11-12,15H,1-2,5,14H2;1H/t11-,12+;/m1./s1. The Labute approximate surface area is 116 Å². The maximum atomic E-state index is 10.0. The summed E-state index contributed by atoms with van der Waals surface area (Å²) in [6, 6.07) is 2.99. The van der Waals surface area contributed by atoms with Crippen molar-refractivity contribution in [2.24, 2.45) is 11.7 Å². The van der Waals surface area contributed by atoms with Crippen molar-refractivity contribution in [2.45, 2.75) is 25.0 Å². The number of ether oxygens (including phenoxy) is 2. The molecule has 100 valence electrons. The van der Waals surface area contributed by atoms with Gasteiger partial charge in [-0.3, -0.25) is 0 Å². The fraction of sp³-hybridized carbons (Fsp3) is 0.500. The third-order valence-electron chi connectivity index (χ3n) is 3.32. The molecule has 3 N–H and O–H groups in total. The van der Waals surface area contributed by atoms with Gasteiger partial charge in [0.1, 0.15) is 0 Å². The van der Waals surface area contributed by atoms with Gasteiger partial charge in [-0.25, -0.2) is 0 Å². The van der Waals surface area contributed by atoms with E-state index >= 15 is 0 Å². The minimum Gasteiger partial charge on any atom is -0.454 e. The first-order chi connectivity index (χ1) is 8.16. The fourth-order valence-corrected chi connectivity index (χ4v) is 2.38. The van der Waals surface area contributed by atoms with E-state index in [1.165, 1.54) is 0 Å². The number of hydrogen-bond donors (Lipinski definition) is 2. The van der Waals surface area contributed by atoms with Gasteiger partial charge in [0.2, 0.25) is 6.79 Å². The van der Waals surface area contributed by atoms with Crippen molar-refractivity contribution in [3.63, 3.8) is 0 Å². The van der Waals surface area contributed by atoms with Gasteiger partial charge in [0, 0.05) is 11.1 Å². The number of hydrogen-bond acceptors (Lipinski definition) is 4. The van der Waals surface area contributed by atoms with Crippen molar-refractivity contribution >= 4 is 24.0 Å². The Morgan fingerprint density at radius 2 is 1.89 bits per heavy atom. The van der Waals surface area contributed by atoms with Gasteiger partial charge in [-0.05, 0) is 30.4 Å². The van der Waals surface area contributed by atoms with Crippen LogP contribution in [0.3, 0.4) is 0 Å². The smallest absolute Gasteiger partial charge is 0.231 e. The average Bonchev–Trinajstić information content (AvgIpc) is 3.06. The highest BCUT2D eigenvalue weighted by atomic mass is 35.5. The minimum atomic E-state index is -0.534. The van der Waals surface area contributed by atoms with Gasteiger partial charge in [0.15, 0.2) is 11.5 Å². The maximum absolute atomic E-state index is 10.0. The topological polar surface area (TPSA) is 64.7 Å². The van der Waals surface area contributed by atoms with Crippen molar-refractivity contribution in [3.05, 3.63) is 22.7 Å². The molecule has 4 nitrogen and oxygen atoms in total. The van der Waals surface area contributed by atoms with Crippen molar-refractivity contribution in [2.75, 3.05) is 6.79 Å². The molecule has 2 aliphatic rings. The maximum Gasteiger partial charge on any atom is 0.231 e. The van der Waals surface area contributed by atoms with E-state index in [0.29, 0.717) is 22.4 Å². The van der Waals surface area contributed by atoms with E-state index in [0.717, 1.165) is 18.4 Å². The lowest BCUT2D eigenvalue weighted by molar-refractivity contribution is 0.122. The molecule has 0 amide bonds. The molecule has 0 aromatic heterocycles. The average molecular weight is 292 g/mol. The zero-order chi connectivity index (χ0) is 12.0. The number of halogens is 2. The first kappa shape index (κ1) is 13.7. The van der Waals surface area contributed by atoms with Crippen molar-refractivity contribution in [3.8, 4) is 11.5 Å². The molecule has 1 fully saturated rings. The van der Waals surface area contributed by atoms with Crippen LogP contribution in [0, 0.1) is 5.92 Å². The summed E-state index contributed by atoms with van der Waals surface area (Å²) in [7, 11) is 0. The summed E-state index contributed by atoms with van der Waals surface area (Å²) in [5, 5.41) is 10.5. The molecule has 1 aromatic carbocycles. The highest BCUT2D eigenvalue weighted by molar-refractivity contribution is 6.31. The Balaban J connectivity index is 0.00000120. The number of nitrogens with two attached hydrogens (primary N) is 1. The van der Waals surface area contributed by atoms with Crippen LogP contribution in [0.25, 0.3) is 0 Å². The number of fused-ring (bicyclic) bond motifs is 1. The Morgan fingerprint density at radius 3 is 2.50 bits per heavy atom. The normalized spacial score (nSPS) is 20.2. The zero-order valence-corrected chi connectivity index (χ0v) is 11.2. The van der Waals surface area contributed by atoms with Crippen LogP contribution in [0.15, 0.2) is 12.1 Å². The molecule has 3 rings (SSSR count). The highest BCUT2D eigenvalue weighted by Crippen LogP contribution is 2.42. The second-order valence-corrected chi connectivity index (χ2v) is 4.99. The third-order valence-corrected chi connectivity index (χ3v) is 3.65. The van der Waals surface area contributed by atoms with Gasteiger partial charge in [-0.15, -0.1) is 12.4 Å². The summed E-state index contributed by atoms with van der Waals surface area (Å²) in [5.74, 6) is 1.58. The van der Waals surface area contributed by atoms with Crippen LogP contribution in [0.2, 0.25) is 5.02 Å². The first-order valence-corrected chi connectivity index (χ1v) is 6.07.